The average Bonchev–Trinajstić information content (AvgIpc) is 2.09. The molecule has 0 aromatic rings. The molecule has 4 rings (SSSR count). The number of nitrogens with zero attached hydrogens (tertiary/aromatic N) is 1. The van der Waals surface area contributed by atoms with Crippen LogP contribution in [0.3, 0.4) is 0 Å². The van der Waals surface area contributed by atoms with E-state index in [9.17, 15) is 10.1 Å². The highest BCUT2D eigenvalue weighted by atomic mass is 17.0. The Bertz CT molecular complexity index is 388. The third-order valence-corrected chi connectivity index (χ3v) is 5.35. The van der Waals surface area contributed by atoms with E-state index in [0.29, 0.717) is 12.5 Å². The topological polar surface area (TPSA) is 78.4 Å². The molecule has 5 nitrogen and oxygen atoms in total. The van der Waals surface area contributed by atoms with Gasteiger partial charge in [-0.25, -0.2) is 0 Å². The monoisotopic (exact) mass is 254 g/mol. The summed E-state index contributed by atoms with van der Waals surface area (Å²) in [6.07, 6.45) is 7.13. The molecule has 4 unspecified atom stereocenters. The first-order valence-corrected chi connectivity index (χ1v) is 6.92. The van der Waals surface area contributed by atoms with Gasteiger partial charge in [-0.2, -0.15) is 0 Å². The maximum absolute atomic E-state index is 10.8. The van der Waals surface area contributed by atoms with E-state index in [-0.39, 0.29) is 10.8 Å². The summed E-state index contributed by atoms with van der Waals surface area (Å²) in [5, 5.41) is 10.2. The van der Waals surface area contributed by atoms with Crippen molar-refractivity contribution < 1.29 is 9.92 Å². The van der Waals surface area contributed by atoms with Crippen molar-refractivity contribution in [1.82, 2.24) is 0 Å². The van der Waals surface area contributed by atoms with Gasteiger partial charge in [-0.3, -0.25) is 0 Å². The van der Waals surface area contributed by atoms with E-state index >= 15 is 0 Å². The van der Waals surface area contributed by atoms with Crippen molar-refractivity contribution in [1.29, 1.82) is 0 Å². The smallest absolute Gasteiger partial charge is 0.295 e. The molecule has 4 aliphatic rings. The van der Waals surface area contributed by atoms with Crippen LogP contribution in [0.4, 0.5) is 0 Å². The van der Waals surface area contributed by atoms with E-state index in [2.05, 4.69) is 6.92 Å². The largest absolute Gasteiger partial charge is 0.330 e. The van der Waals surface area contributed by atoms with Gasteiger partial charge in [0.15, 0.2) is 0 Å². The second kappa shape index (κ2) is 3.59. The summed E-state index contributed by atoms with van der Waals surface area (Å²) in [5.74, 6) is 0.595. The Morgan fingerprint density at radius 1 is 1.33 bits per heavy atom. The Morgan fingerprint density at radius 3 is 2.72 bits per heavy atom. The molecule has 4 aliphatic carbocycles. The molecule has 102 valence electrons. The zero-order valence-electron chi connectivity index (χ0n) is 11.0. The Balaban J connectivity index is 1.92. The highest BCUT2D eigenvalue weighted by molar-refractivity contribution is 5.12. The molecule has 0 radical (unpaired) electrons. The van der Waals surface area contributed by atoms with Crippen molar-refractivity contribution in [2.45, 2.75) is 57.5 Å². The van der Waals surface area contributed by atoms with Gasteiger partial charge in [-0.15, -0.1) is 10.1 Å². The van der Waals surface area contributed by atoms with Crippen molar-refractivity contribution in [2.24, 2.45) is 22.5 Å². The van der Waals surface area contributed by atoms with Crippen LogP contribution < -0.4 is 5.73 Å². The minimum Gasteiger partial charge on any atom is -0.330 e. The number of hydrogen-bond acceptors (Lipinski definition) is 4. The molecule has 4 fully saturated rings. The van der Waals surface area contributed by atoms with Gasteiger partial charge in [-0.05, 0) is 68.2 Å². The van der Waals surface area contributed by atoms with Crippen LogP contribution >= 0.6 is 0 Å². The summed E-state index contributed by atoms with van der Waals surface area (Å²) in [5.41, 5.74) is 5.69. The Labute approximate surface area is 107 Å². The molecular weight excluding hydrogens is 232 g/mol. The molecular formula is C13H22N2O3. The summed E-state index contributed by atoms with van der Waals surface area (Å²) in [7, 11) is 0. The van der Waals surface area contributed by atoms with E-state index in [1.165, 1.54) is 19.3 Å². The van der Waals surface area contributed by atoms with Crippen LogP contribution in [0.15, 0.2) is 0 Å². The number of hydrogen-bond donors (Lipinski definition) is 1. The molecule has 2 N–H and O–H groups in total. The van der Waals surface area contributed by atoms with Crippen LogP contribution in [0.5, 0.6) is 0 Å². The van der Waals surface area contributed by atoms with Crippen LogP contribution in [0.1, 0.15) is 51.9 Å². The molecule has 0 heterocycles. The van der Waals surface area contributed by atoms with Crippen molar-refractivity contribution in [3.63, 3.8) is 0 Å². The van der Waals surface area contributed by atoms with Crippen molar-refractivity contribution >= 4 is 0 Å². The lowest BCUT2D eigenvalue weighted by atomic mass is 9.42. The molecule has 0 aromatic carbocycles. The lowest BCUT2D eigenvalue weighted by molar-refractivity contribution is -0.786. The maximum Gasteiger partial charge on any atom is 0.295 e. The van der Waals surface area contributed by atoms with Crippen LogP contribution in [0.25, 0.3) is 0 Å². The maximum atomic E-state index is 10.8. The van der Waals surface area contributed by atoms with Gasteiger partial charge in [0, 0.05) is 0 Å². The van der Waals surface area contributed by atoms with Gasteiger partial charge in [0.05, 0.1) is 0 Å². The van der Waals surface area contributed by atoms with Gasteiger partial charge >= 0.3 is 0 Å². The zero-order chi connectivity index (χ0) is 13.0. The van der Waals surface area contributed by atoms with Crippen LogP contribution in [-0.2, 0) is 4.84 Å². The van der Waals surface area contributed by atoms with Crippen molar-refractivity contribution in [3.05, 3.63) is 10.1 Å². The summed E-state index contributed by atoms with van der Waals surface area (Å²) >= 11 is 0. The van der Waals surface area contributed by atoms with Gasteiger partial charge in [0.2, 0.25) is 0 Å². The van der Waals surface area contributed by atoms with E-state index in [1.807, 2.05) is 0 Å². The predicted molar refractivity (Wildman–Crippen MR) is 66.2 cm³/mol. The Morgan fingerprint density at radius 2 is 2.11 bits per heavy atom. The number of rotatable bonds is 4. The standard InChI is InChI=1S/C13H22N2O3/c1-11-4-10-5-12(7-11,2-3-14)9-13(6-10,8-11)18-15(16)17/h10H,2-9,14H2,1H3. The first kappa shape index (κ1) is 12.2. The van der Waals surface area contributed by atoms with Crippen LogP contribution in [0.2, 0.25) is 0 Å². The molecule has 0 aliphatic heterocycles. The third-order valence-electron chi connectivity index (χ3n) is 5.35. The lowest BCUT2D eigenvalue weighted by Gasteiger charge is -2.65. The summed E-state index contributed by atoms with van der Waals surface area (Å²) in [6.45, 7) is 2.96. The molecule has 0 saturated heterocycles. The Kier molecular flexibility index (Phi) is 2.44. The van der Waals surface area contributed by atoms with Gasteiger partial charge in [0.25, 0.3) is 5.09 Å². The third kappa shape index (κ3) is 1.79. The van der Waals surface area contributed by atoms with Gasteiger partial charge in [0.1, 0.15) is 5.60 Å². The lowest BCUT2D eigenvalue weighted by Crippen LogP contribution is -2.61. The van der Waals surface area contributed by atoms with Crippen LogP contribution in [-0.4, -0.2) is 17.2 Å². The fraction of sp³-hybridized carbons (Fsp3) is 1.00. The second-order valence-electron chi connectivity index (χ2n) is 7.36. The van der Waals surface area contributed by atoms with E-state index in [1.54, 1.807) is 0 Å². The summed E-state index contributed by atoms with van der Waals surface area (Å²) in [4.78, 5) is 16.0. The van der Waals surface area contributed by atoms with Crippen LogP contribution in [0, 0.1) is 26.9 Å². The molecule has 0 spiro atoms. The van der Waals surface area contributed by atoms with Gasteiger partial charge < -0.3 is 10.6 Å². The van der Waals surface area contributed by atoms with E-state index < -0.39 is 10.7 Å². The summed E-state index contributed by atoms with van der Waals surface area (Å²) in [6, 6.07) is 0. The minimum absolute atomic E-state index is 0.207. The quantitative estimate of drug-likeness (QED) is 0.616. The molecule has 4 atom stereocenters. The molecule has 4 bridgehead atoms. The molecule has 18 heavy (non-hydrogen) atoms. The minimum atomic E-state index is -0.577. The van der Waals surface area contributed by atoms with E-state index in [4.69, 9.17) is 10.6 Å². The highest BCUT2D eigenvalue weighted by Crippen LogP contribution is 2.68. The number of nitrogens with two attached hydrogens (primary N) is 1. The normalized spacial score (nSPS) is 49.3. The molecule has 0 aromatic heterocycles. The van der Waals surface area contributed by atoms with Crippen molar-refractivity contribution in [3.8, 4) is 0 Å². The molecule has 4 saturated carbocycles. The highest BCUT2D eigenvalue weighted by Gasteiger charge is 2.63. The first-order valence-electron chi connectivity index (χ1n) is 6.92. The van der Waals surface area contributed by atoms with Gasteiger partial charge in [-0.1, -0.05) is 6.92 Å². The molecule has 5 heteroatoms. The predicted octanol–water partition coefficient (Wildman–Crippen LogP) is 2.27. The van der Waals surface area contributed by atoms with E-state index in [0.717, 1.165) is 25.7 Å². The summed E-state index contributed by atoms with van der Waals surface area (Å²) < 4.78 is 0. The first-order chi connectivity index (χ1) is 8.38. The fourth-order valence-corrected chi connectivity index (χ4v) is 5.88. The molecule has 0 amide bonds. The second-order valence-corrected chi connectivity index (χ2v) is 7.36. The Hall–Kier alpha value is -0.840. The zero-order valence-corrected chi connectivity index (χ0v) is 11.0. The SMILES string of the molecule is CC12CC3CC(CCN)(C1)CC(O[N+](=O)[O-])(C3)C2. The van der Waals surface area contributed by atoms with Crippen molar-refractivity contribution in [2.75, 3.05) is 6.54 Å². The fourth-order valence-electron chi connectivity index (χ4n) is 5.88. The average molecular weight is 254 g/mol.